The van der Waals surface area contributed by atoms with Crippen LogP contribution in [-0.2, 0) is 17.7 Å². The number of hydrogen-bond donors (Lipinski definition) is 2. The predicted octanol–water partition coefficient (Wildman–Crippen LogP) is 4.65. The predicted molar refractivity (Wildman–Crippen MR) is 103 cm³/mol. The van der Waals surface area contributed by atoms with E-state index in [4.69, 9.17) is 4.74 Å². The quantitative estimate of drug-likeness (QED) is 0.700. The second-order valence-electron chi connectivity index (χ2n) is 7.59. The molecule has 0 atom stereocenters. The number of aromatic nitrogens is 3. The van der Waals surface area contributed by atoms with Crippen molar-refractivity contribution < 1.29 is 9.53 Å². The van der Waals surface area contributed by atoms with Gasteiger partial charge in [0.25, 0.3) is 0 Å². The third-order valence-corrected chi connectivity index (χ3v) is 4.00. The van der Waals surface area contributed by atoms with E-state index < -0.39 is 11.7 Å². The van der Waals surface area contributed by atoms with E-state index in [1.165, 1.54) is 11.1 Å². The second-order valence-corrected chi connectivity index (χ2v) is 7.59. The summed E-state index contributed by atoms with van der Waals surface area (Å²) in [6, 6.07) is 6.28. The van der Waals surface area contributed by atoms with Crippen molar-refractivity contribution in [2.75, 3.05) is 5.32 Å². The number of rotatable bonds is 5. The molecule has 26 heavy (non-hydrogen) atoms. The maximum Gasteiger partial charge on any atom is 0.412 e. The van der Waals surface area contributed by atoms with Crippen LogP contribution in [0.5, 0.6) is 0 Å². The Kier molecular flexibility index (Phi) is 5.02. The van der Waals surface area contributed by atoms with Crippen molar-refractivity contribution in [1.82, 2.24) is 14.8 Å². The molecule has 0 bridgehead atoms. The molecule has 2 aromatic heterocycles. The Morgan fingerprint density at radius 2 is 2.15 bits per heavy atom. The molecule has 6 nitrogen and oxygen atoms in total. The first kappa shape index (κ1) is 18.0. The van der Waals surface area contributed by atoms with E-state index in [2.05, 4.69) is 33.7 Å². The highest BCUT2D eigenvalue weighted by atomic mass is 16.6. The van der Waals surface area contributed by atoms with Crippen LogP contribution in [0.2, 0.25) is 0 Å². The minimum Gasteiger partial charge on any atom is -0.444 e. The summed E-state index contributed by atoms with van der Waals surface area (Å²) in [7, 11) is 0. The van der Waals surface area contributed by atoms with E-state index in [9.17, 15) is 4.79 Å². The highest BCUT2D eigenvalue weighted by Gasteiger charge is 2.17. The van der Waals surface area contributed by atoms with Crippen molar-refractivity contribution in [3.05, 3.63) is 47.9 Å². The molecule has 0 unspecified atom stereocenters. The molecule has 2 heterocycles. The molecule has 1 amide bonds. The lowest BCUT2D eigenvalue weighted by molar-refractivity contribution is 0.0636. The van der Waals surface area contributed by atoms with Crippen LogP contribution < -0.4 is 5.32 Å². The van der Waals surface area contributed by atoms with E-state index in [-0.39, 0.29) is 0 Å². The molecule has 3 aromatic rings. The molecular formula is C20H26N4O2. The van der Waals surface area contributed by atoms with Gasteiger partial charge in [-0.25, -0.2) is 4.79 Å². The number of anilines is 1. The summed E-state index contributed by atoms with van der Waals surface area (Å²) in [4.78, 5) is 15.2. The standard InChI is InChI=1S/C20H26N4O2/c1-14-11-22-24(13-14)9-5-6-15-7-8-17-16(10-15)18(12-21-17)23-19(25)26-20(2,3)4/h7-8,10-13,21H,5-6,9H2,1-4H3,(H,23,25). The minimum atomic E-state index is -0.522. The number of fused-ring (bicyclic) bond motifs is 1. The zero-order chi connectivity index (χ0) is 18.7. The fraction of sp³-hybridized carbons (Fsp3) is 0.400. The van der Waals surface area contributed by atoms with E-state index in [0.29, 0.717) is 0 Å². The summed E-state index contributed by atoms with van der Waals surface area (Å²) >= 11 is 0. The van der Waals surface area contributed by atoms with Gasteiger partial charge in [-0.3, -0.25) is 10.00 Å². The van der Waals surface area contributed by atoms with Crippen LogP contribution in [0.4, 0.5) is 10.5 Å². The first-order valence-corrected chi connectivity index (χ1v) is 8.89. The number of hydrogen-bond acceptors (Lipinski definition) is 3. The molecule has 0 spiro atoms. The van der Waals surface area contributed by atoms with Crippen LogP contribution in [0.3, 0.4) is 0 Å². The van der Waals surface area contributed by atoms with Crippen molar-refractivity contribution in [3.63, 3.8) is 0 Å². The number of nitrogens with one attached hydrogen (secondary N) is 2. The maximum atomic E-state index is 12.0. The molecule has 2 N–H and O–H groups in total. The molecule has 0 aliphatic rings. The van der Waals surface area contributed by atoms with Gasteiger partial charge >= 0.3 is 6.09 Å². The van der Waals surface area contributed by atoms with Crippen LogP contribution in [0.25, 0.3) is 10.9 Å². The van der Waals surface area contributed by atoms with Crippen molar-refractivity contribution in [2.45, 2.75) is 52.7 Å². The minimum absolute atomic E-state index is 0.446. The van der Waals surface area contributed by atoms with Gasteiger partial charge in [0.15, 0.2) is 0 Å². The first-order valence-electron chi connectivity index (χ1n) is 8.89. The lowest BCUT2D eigenvalue weighted by Crippen LogP contribution is -2.27. The number of aromatic amines is 1. The lowest BCUT2D eigenvalue weighted by Gasteiger charge is -2.19. The Bertz CT molecular complexity index is 902. The highest BCUT2D eigenvalue weighted by molar-refractivity contribution is 5.99. The number of carbonyl (C=O) groups is 1. The Morgan fingerprint density at radius 1 is 1.35 bits per heavy atom. The number of ether oxygens (including phenoxy) is 1. The molecule has 6 heteroatoms. The van der Waals surface area contributed by atoms with Gasteiger partial charge in [0.1, 0.15) is 5.60 Å². The van der Waals surface area contributed by atoms with Crippen molar-refractivity contribution in [1.29, 1.82) is 0 Å². The van der Waals surface area contributed by atoms with E-state index in [0.717, 1.165) is 36.0 Å². The number of benzene rings is 1. The molecule has 1 aromatic carbocycles. The van der Waals surface area contributed by atoms with Crippen LogP contribution in [0.1, 0.15) is 38.3 Å². The Labute approximate surface area is 153 Å². The second kappa shape index (κ2) is 7.23. The van der Waals surface area contributed by atoms with Crippen LogP contribution in [-0.4, -0.2) is 26.5 Å². The van der Waals surface area contributed by atoms with Gasteiger partial charge in [-0.1, -0.05) is 6.07 Å². The number of amides is 1. The SMILES string of the molecule is Cc1cnn(CCCc2ccc3[nH]cc(NC(=O)OC(C)(C)C)c3c2)c1. The molecule has 0 aliphatic carbocycles. The van der Waals surface area contributed by atoms with E-state index in [1.54, 1.807) is 6.20 Å². The van der Waals surface area contributed by atoms with Gasteiger partial charge in [-0.15, -0.1) is 0 Å². The lowest BCUT2D eigenvalue weighted by atomic mass is 10.1. The van der Waals surface area contributed by atoms with Crippen LogP contribution in [0.15, 0.2) is 36.8 Å². The Morgan fingerprint density at radius 3 is 2.85 bits per heavy atom. The zero-order valence-electron chi connectivity index (χ0n) is 15.8. The Hall–Kier alpha value is -2.76. The van der Waals surface area contributed by atoms with Gasteiger partial charge in [-0.2, -0.15) is 5.10 Å². The van der Waals surface area contributed by atoms with E-state index >= 15 is 0 Å². The average Bonchev–Trinajstić information content (AvgIpc) is 3.12. The number of nitrogens with zero attached hydrogens (tertiary/aromatic N) is 2. The van der Waals surface area contributed by atoms with E-state index in [1.807, 2.05) is 44.6 Å². The fourth-order valence-corrected chi connectivity index (χ4v) is 2.87. The fourth-order valence-electron chi connectivity index (χ4n) is 2.87. The van der Waals surface area contributed by atoms with Crippen LogP contribution in [0, 0.1) is 6.92 Å². The van der Waals surface area contributed by atoms with Crippen molar-refractivity contribution in [3.8, 4) is 0 Å². The smallest absolute Gasteiger partial charge is 0.412 e. The molecule has 0 aliphatic heterocycles. The molecule has 0 fully saturated rings. The maximum absolute atomic E-state index is 12.0. The molecule has 3 rings (SSSR count). The normalized spacial score (nSPS) is 11.7. The number of aryl methyl sites for hydroxylation is 3. The summed E-state index contributed by atoms with van der Waals surface area (Å²) in [6.45, 7) is 8.48. The largest absolute Gasteiger partial charge is 0.444 e. The zero-order valence-corrected chi connectivity index (χ0v) is 15.8. The average molecular weight is 354 g/mol. The molecule has 0 saturated carbocycles. The third kappa shape index (κ3) is 4.65. The molecule has 0 radical (unpaired) electrons. The van der Waals surface area contributed by atoms with Gasteiger partial charge in [-0.05, 0) is 63.8 Å². The Balaban J connectivity index is 1.66. The van der Waals surface area contributed by atoms with Gasteiger partial charge in [0.05, 0.1) is 11.9 Å². The summed E-state index contributed by atoms with van der Waals surface area (Å²) < 4.78 is 7.30. The number of carbonyl (C=O) groups excluding carboxylic acids is 1. The van der Waals surface area contributed by atoms with Gasteiger partial charge in [0.2, 0.25) is 0 Å². The summed E-state index contributed by atoms with van der Waals surface area (Å²) in [5.41, 5.74) is 3.61. The molecule has 138 valence electrons. The van der Waals surface area contributed by atoms with Gasteiger partial charge in [0, 0.05) is 29.8 Å². The third-order valence-electron chi connectivity index (χ3n) is 4.00. The summed E-state index contributed by atoms with van der Waals surface area (Å²) in [5, 5.41) is 8.13. The molecule has 0 saturated heterocycles. The van der Waals surface area contributed by atoms with Crippen molar-refractivity contribution in [2.24, 2.45) is 0 Å². The van der Waals surface area contributed by atoms with Gasteiger partial charge < -0.3 is 9.72 Å². The number of H-pyrrole nitrogens is 1. The topological polar surface area (TPSA) is 71.9 Å². The highest BCUT2D eigenvalue weighted by Crippen LogP contribution is 2.25. The monoisotopic (exact) mass is 354 g/mol. The van der Waals surface area contributed by atoms with Crippen molar-refractivity contribution >= 4 is 22.7 Å². The molecular weight excluding hydrogens is 328 g/mol. The van der Waals surface area contributed by atoms with Crippen LogP contribution >= 0.6 is 0 Å². The summed E-state index contributed by atoms with van der Waals surface area (Å²) in [5.74, 6) is 0. The first-order chi connectivity index (χ1) is 12.3. The summed E-state index contributed by atoms with van der Waals surface area (Å²) in [6.07, 6.45) is 7.24.